The lowest BCUT2D eigenvalue weighted by Crippen LogP contribution is -2.49. The normalized spacial score (nSPS) is 22.6. The highest BCUT2D eigenvalue weighted by Gasteiger charge is 2.29. The summed E-state index contributed by atoms with van der Waals surface area (Å²) in [5, 5.41) is 10.2. The Hall–Kier alpha value is -1.83. The first-order valence-corrected chi connectivity index (χ1v) is 8.86. The third kappa shape index (κ3) is 3.44. The summed E-state index contributed by atoms with van der Waals surface area (Å²) >= 11 is 0. The smallest absolute Gasteiger partial charge is 0.135 e. The van der Waals surface area contributed by atoms with Gasteiger partial charge in [0.05, 0.1) is 17.5 Å². The maximum absolute atomic E-state index is 14.1. The second-order valence-corrected chi connectivity index (χ2v) is 6.83. The number of aromatic amines is 1. The van der Waals surface area contributed by atoms with Crippen molar-refractivity contribution < 1.29 is 8.78 Å². The van der Waals surface area contributed by atoms with E-state index in [-0.39, 0.29) is 5.56 Å². The van der Waals surface area contributed by atoms with Gasteiger partial charge in [-0.1, -0.05) is 6.07 Å². The Morgan fingerprint density at radius 2 is 1.88 bits per heavy atom. The van der Waals surface area contributed by atoms with Gasteiger partial charge in [-0.05, 0) is 18.6 Å². The van der Waals surface area contributed by atoms with Crippen LogP contribution in [0, 0.1) is 11.6 Å². The zero-order valence-electron chi connectivity index (χ0n) is 14.1. The van der Waals surface area contributed by atoms with Crippen LogP contribution in [0.1, 0.15) is 12.0 Å². The molecule has 4 rings (SSSR count). The number of hydrogen-bond acceptors (Lipinski definition) is 4. The van der Waals surface area contributed by atoms with Crippen molar-refractivity contribution in [2.45, 2.75) is 19.0 Å². The van der Waals surface area contributed by atoms with E-state index in [0.29, 0.717) is 18.3 Å². The monoisotopic (exact) mass is 347 g/mol. The molecular weight excluding hydrogens is 324 g/mol. The van der Waals surface area contributed by atoms with Crippen molar-refractivity contribution in [2.75, 3.05) is 39.3 Å². The molecule has 25 heavy (non-hydrogen) atoms. The number of H-pyrrole nitrogens is 1. The molecule has 1 aromatic carbocycles. The maximum Gasteiger partial charge on any atom is 0.135 e. The third-order valence-electron chi connectivity index (χ3n) is 5.24. The van der Waals surface area contributed by atoms with Gasteiger partial charge in [0.1, 0.15) is 11.6 Å². The second kappa shape index (κ2) is 7.19. The Kier molecular flexibility index (Phi) is 4.78. The second-order valence-electron chi connectivity index (χ2n) is 6.83. The lowest BCUT2D eigenvalue weighted by atomic mass is 10.1. The van der Waals surface area contributed by atoms with E-state index in [1.807, 2.05) is 0 Å². The van der Waals surface area contributed by atoms with E-state index >= 15 is 0 Å². The highest BCUT2D eigenvalue weighted by Crippen LogP contribution is 2.29. The van der Waals surface area contributed by atoms with Crippen LogP contribution in [0.15, 0.2) is 24.4 Å². The van der Waals surface area contributed by atoms with Crippen molar-refractivity contribution in [3.63, 3.8) is 0 Å². The van der Waals surface area contributed by atoms with Gasteiger partial charge in [-0.2, -0.15) is 5.10 Å². The molecule has 1 unspecified atom stereocenters. The molecule has 2 aliphatic rings. The molecular formula is C18H23F2N5. The van der Waals surface area contributed by atoms with E-state index in [1.165, 1.54) is 18.2 Å². The predicted molar refractivity (Wildman–Crippen MR) is 92.1 cm³/mol. The molecule has 1 aromatic heterocycles. The average molecular weight is 347 g/mol. The first kappa shape index (κ1) is 16.6. The van der Waals surface area contributed by atoms with Gasteiger partial charge in [0, 0.05) is 57.4 Å². The summed E-state index contributed by atoms with van der Waals surface area (Å²) in [6.07, 6.45) is 2.82. The van der Waals surface area contributed by atoms with E-state index in [4.69, 9.17) is 0 Å². The van der Waals surface area contributed by atoms with Crippen LogP contribution >= 0.6 is 0 Å². The Bertz CT molecular complexity index is 706. The molecule has 134 valence electrons. The number of nitrogens with one attached hydrogen (secondary N) is 2. The lowest BCUT2D eigenvalue weighted by Gasteiger charge is -2.32. The van der Waals surface area contributed by atoms with E-state index in [9.17, 15) is 8.78 Å². The lowest BCUT2D eigenvalue weighted by molar-refractivity contribution is 0.170. The van der Waals surface area contributed by atoms with E-state index in [0.717, 1.165) is 51.3 Å². The Labute approximate surface area is 146 Å². The molecule has 2 N–H and O–H groups in total. The summed E-state index contributed by atoms with van der Waals surface area (Å²) in [4.78, 5) is 4.89. The van der Waals surface area contributed by atoms with Crippen molar-refractivity contribution in [3.8, 4) is 11.3 Å². The van der Waals surface area contributed by atoms with Gasteiger partial charge in [-0.3, -0.25) is 14.9 Å². The first-order chi connectivity index (χ1) is 12.2. The number of rotatable bonds is 4. The molecule has 0 amide bonds. The van der Waals surface area contributed by atoms with Crippen LogP contribution in [0.5, 0.6) is 0 Å². The Balaban J connectivity index is 1.47. The fourth-order valence-corrected chi connectivity index (χ4v) is 3.93. The SMILES string of the molecule is Fc1cccc(F)c1-c1[nH]ncc1CN1CCC(N2CCNCC2)C1. The number of nitrogens with zero attached hydrogens (tertiary/aromatic N) is 3. The highest BCUT2D eigenvalue weighted by molar-refractivity contribution is 5.64. The van der Waals surface area contributed by atoms with Gasteiger partial charge in [0.25, 0.3) is 0 Å². The molecule has 1 atom stereocenters. The summed E-state index contributed by atoms with van der Waals surface area (Å²) in [7, 11) is 0. The largest absolute Gasteiger partial charge is 0.314 e. The molecule has 2 aromatic rings. The molecule has 2 fully saturated rings. The fraction of sp³-hybridized carbons (Fsp3) is 0.500. The van der Waals surface area contributed by atoms with Crippen molar-refractivity contribution in [1.82, 2.24) is 25.3 Å². The number of aromatic nitrogens is 2. The average Bonchev–Trinajstić information content (AvgIpc) is 3.26. The van der Waals surface area contributed by atoms with Gasteiger partial charge in [0.2, 0.25) is 0 Å². The van der Waals surface area contributed by atoms with Crippen LogP contribution in [0.25, 0.3) is 11.3 Å². The summed E-state index contributed by atoms with van der Waals surface area (Å²) in [6.45, 7) is 6.93. The zero-order chi connectivity index (χ0) is 17.2. The summed E-state index contributed by atoms with van der Waals surface area (Å²) in [5.41, 5.74) is 1.26. The van der Waals surface area contributed by atoms with Gasteiger partial charge >= 0.3 is 0 Å². The highest BCUT2D eigenvalue weighted by atomic mass is 19.1. The van der Waals surface area contributed by atoms with Gasteiger partial charge in [-0.15, -0.1) is 0 Å². The number of likely N-dealkylation sites (tertiary alicyclic amines) is 1. The minimum Gasteiger partial charge on any atom is -0.314 e. The quantitative estimate of drug-likeness (QED) is 0.886. The van der Waals surface area contributed by atoms with Crippen LogP contribution in [-0.2, 0) is 6.54 Å². The molecule has 2 saturated heterocycles. The van der Waals surface area contributed by atoms with E-state index in [2.05, 4.69) is 25.3 Å². The molecule has 3 heterocycles. The molecule has 0 aliphatic carbocycles. The Morgan fingerprint density at radius 3 is 2.64 bits per heavy atom. The van der Waals surface area contributed by atoms with Crippen LogP contribution < -0.4 is 5.32 Å². The summed E-state index contributed by atoms with van der Waals surface area (Å²) < 4.78 is 28.2. The Morgan fingerprint density at radius 1 is 1.12 bits per heavy atom. The van der Waals surface area contributed by atoms with Crippen molar-refractivity contribution in [2.24, 2.45) is 0 Å². The molecule has 0 saturated carbocycles. The van der Waals surface area contributed by atoms with Crippen LogP contribution in [0.4, 0.5) is 8.78 Å². The number of benzene rings is 1. The number of hydrogen-bond donors (Lipinski definition) is 2. The predicted octanol–water partition coefficient (Wildman–Crippen LogP) is 1.83. The number of piperazine rings is 1. The van der Waals surface area contributed by atoms with Crippen molar-refractivity contribution in [1.29, 1.82) is 0 Å². The minimum absolute atomic E-state index is 0.0205. The van der Waals surface area contributed by atoms with Crippen molar-refractivity contribution >= 4 is 0 Å². The summed E-state index contributed by atoms with van der Waals surface area (Å²) in [6, 6.07) is 4.50. The molecule has 7 heteroatoms. The molecule has 2 aliphatic heterocycles. The molecule has 0 spiro atoms. The maximum atomic E-state index is 14.1. The fourth-order valence-electron chi connectivity index (χ4n) is 3.93. The topological polar surface area (TPSA) is 47.2 Å². The van der Waals surface area contributed by atoms with Crippen LogP contribution in [-0.4, -0.2) is 65.3 Å². The van der Waals surface area contributed by atoms with Gasteiger partial charge < -0.3 is 5.32 Å². The standard InChI is InChI=1S/C18H23F2N5/c19-15-2-1-3-16(20)17(15)18-13(10-22-23-18)11-24-7-4-14(12-24)25-8-5-21-6-9-25/h1-3,10,14,21H,4-9,11-12H2,(H,22,23). The van der Waals surface area contributed by atoms with Gasteiger partial charge in [-0.25, -0.2) is 8.78 Å². The third-order valence-corrected chi connectivity index (χ3v) is 5.24. The molecule has 0 bridgehead atoms. The van der Waals surface area contributed by atoms with Gasteiger partial charge in [0.15, 0.2) is 0 Å². The molecule has 5 nitrogen and oxygen atoms in total. The van der Waals surface area contributed by atoms with Crippen molar-refractivity contribution in [3.05, 3.63) is 41.6 Å². The first-order valence-electron chi connectivity index (χ1n) is 8.86. The summed E-state index contributed by atoms with van der Waals surface area (Å²) in [5.74, 6) is -1.13. The van der Waals surface area contributed by atoms with E-state index in [1.54, 1.807) is 6.20 Å². The minimum atomic E-state index is -0.564. The molecule has 0 radical (unpaired) electrons. The number of halogens is 2. The van der Waals surface area contributed by atoms with Crippen LogP contribution in [0.3, 0.4) is 0 Å². The van der Waals surface area contributed by atoms with Crippen LogP contribution in [0.2, 0.25) is 0 Å². The zero-order valence-corrected chi connectivity index (χ0v) is 14.1. The van der Waals surface area contributed by atoms with E-state index < -0.39 is 11.6 Å².